The minimum absolute atomic E-state index is 0.0171. The van der Waals surface area contributed by atoms with Crippen molar-refractivity contribution in [2.75, 3.05) is 13.7 Å². The second-order valence-electron chi connectivity index (χ2n) is 9.72. The third kappa shape index (κ3) is 10.4. The molecule has 0 aliphatic heterocycles. The van der Waals surface area contributed by atoms with Gasteiger partial charge in [-0.15, -0.1) is 0 Å². The molecule has 0 bridgehead atoms. The molecule has 0 saturated heterocycles. The molecule has 0 unspecified atom stereocenters. The van der Waals surface area contributed by atoms with Crippen molar-refractivity contribution in [2.45, 2.75) is 57.7 Å². The van der Waals surface area contributed by atoms with Crippen molar-refractivity contribution < 1.29 is 33.9 Å². The summed E-state index contributed by atoms with van der Waals surface area (Å²) in [5.41, 5.74) is 0.555. The summed E-state index contributed by atoms with van der Waals surface area (Å²) in [6.45, 7) is 3.14. The van der Waals surface area contributed by atoms with Crippen molar-refractivity contribution in [2.24, 2.45) is 5.92 Å². The van der Waals surface area contributed by atoms with Gasteiger partial charge in [-0.05, 0) is 36.5 Å². The molecule has 12 nitrogen and oxygen atoms in total. The van der Waals surface area contributed by atoms with E-state index in [9.17, 15) is 34.4 Å². The number of para-hydroxylation sites is 1. The standard InChI is InChI=1S/C28H35ClN4O8/c1-17(2)23(28(38)41-3)32-27(37)22(16-18-10-5-4-6-11-18)31-26(36)21(14-7-8-15-33(39)40)30-25(35)19-12-9-13-20(29)24(19)34/h4-6,9-13,17,21-23,34H,7-8,14-16H2,1-3H3,(H,30,35)(H,31,36)(H,32,37)/t21-,22-,23-/m0/s1. The number of nitrogens with one attached hydrogen (secondary N) is 3. The number of rotatable bonds is 15. The van der Waals surface area contributed by atoms with Crippen LogP contribution in [0.4, 0.5) is 0 Å². The first-order valence-corrected chi connectivity index (χ1v) is 13.4. The van der Waals surface area contributed by atoms with Crippen LogP contribution in [0.15, 0.2) is 48.5 Å². The number of hydrogen-bond donors (Lipinski definition) is 4. The van der Waals surface area contributed by atoms with Crippen LogP contribution in [0.3, 0.4) is 0 Å². The van der Waals surface area contributed by atoms with Crippen LogP contribution in [-0.4, -0.2) is 65.5 Å². The average molecular weight is 591 g/mol. The van der Waals surface area contributed by atoms with Crippen LogP contribution in [0.25, 0.3) is 0 Å². The van der Waals surface area contributed by atoms with Gasteiger partial charge in [-0.3, -0.25) is 24.5 Å². The number of aromatic hydroxyl groups is 1. The van der Waals surface area contributed by atoms with Gasteiger partial charge >= 0.3 is 5.97 Å². The number of amides is 3. The summed E-state index contributed by atoms with van der Waals surface area (Å²) in [7, 11) is 1.21. The fourth-order valence-corrected chi connectivity index (χ4v) is 4.18. The predicted molar refractivity (Wildman–Crippen MR) is 151 cm³/mol. The first kappa shape index (κ1) is 33.0. The Bertz CT molecular complexity index is 1220. The lowest BCUT2D eigenvalue weighted by molar-refractivity contribution is -0.480. The smallest absolute Gasteiger partial charge is 0.328 e. The molecule has 0 aliphatic rings. The topological polar surface area (TPSA) is 177 Å². The molecule has 13 heteroatoms. The third-order valence-electron chi connectivity index (χ3n) is 6.27. The average Bonchev–Trinajstić information content (AvgIpc) is 2.93. The molecule has 41 heavy (non-hydrogen) atoms. The van der Waals surface area contributed by atoms with Gasteiger partial charge < -0.3 is 25.8 Å². The minimum Gasteiger partial charge on any atom is -0.506 e. The number of nitro groups is 1. The Morgan fingerprint density at radius 2 is 1.61 bits per heavy atom. The number of methoxy groups -OCH3 is 1. The normalized spacial score (nSPS) is 13.0. The largest absolute Gasteiger partial charge is 0.506 e. The van der Waals surface area contributed by atoms with E-state index in [4.69, 9.17) is 16.3 Å². The summed E-state index contributed by atoms with van der Waals surface area (Å²) in [5.74, 6) is -3.58. The Morgan fingerprint density at radius 1 is 0.951 bits per heavy atom. The minimum atomic E-state index is -1.21. The number of carbonyl (C=O) groups excluding carboxylic acids is 4. The predicted octanol–water partition coefficient (Wildman–Crippen LogP) is 2.63. The van der Waals surface area contributed by atoms with Gasteiger partial charge in [0.25, 0.3) is 5.91 Å². The van der Waals surface area contributed by atoms with Crippen LogP contribution in [0, 0.1) is 16.0 Å². The van der Waals surface area contributed by atoms with E-state index in [1.54, 1.807) is 44.2 Å². The lowest BCUT2D eigenvalue weighted by atomic mass is 10.0. The Balaban J connectivity index is 2.31. The second kappa shape index (κ2) is 16.2. The van der Waals surface area contributed by atoms with E-state index in [0.717, 1.165) is 5.56 Å². The molecule has 2 aromatic carbocycles. The Hall–Kier alpha value is -4.19. The molecule has 0 aromatic heterocycles. The maximum Gasteiger partial charge on any atom is 0.328 e. The van der Waals surface area contributed by atoms with E-state index in [0.29, 0.717) is 0 Å². The number of ether oxygens (including phenoxy) is 1. The van der Waals surface area contributed by atoms with E-state index in [1.807, 2.05) is 0 Å². The van der Waals surface area contributed by atoms with Gasteiger partial charge in [-0.25, -0.2) is 4.79 Å². The molecular formula is C28H35ClN4O8. The van der Waals surface area contributed by atoms with Gasteiger partial charge in [0.15, 0.2) is 0 Å². The van der Waals surface area contributed by atoms with Crippen LogP contribution < -0.4 is 16.0 Å². The number of unbranched alkanes of at least 4 members (excludes halogenated alkanes) is 1. The zero-order valence-electron chi connectivity index (χ0n) is 23.1. The van der Waals surface area contributed by atoms with Gasteiger partial charge in [-0.1, -0.05) is 61.8 Å². The molecule has 0 heterocycles. The van der Waals surface area contributed by atoms with Crippen molar-refractivity contribution in [1.29, 1.82) is 0 Å². The van der Waals surface area contributed by atoms with Gasteiger partial charge in [0.2, 0.25) is 18.4 Å². The summed E-state index contributed by atoms with van der Waals surface area (Å²) in [6, 6.07) is 9.72. The summed E-state index contributed by atoms with van der Waals surface area (Å²) in [4.78, 5) is 62.3. The highest BCUT2D eigenvalue weighted by Crippen LogP contribution is 2.27. The van der Waals surface area contributed by atoms with Crippen molar-refractivity contribution in [3.8, 4) is 5.75 Å². The van der Waals surface area contributed by atoms with Gasteiger partial charge in [0, 0.05) is 17.8 Å². The summed E-state index contributed by atoms with van der Waals surface area (Å²) >= 11 is 5.92. The molecule has 0 aliphatic carbocycles. The zero-order chi connectivity index (χ0) is 30.5. The van der Waals surface area contributed by atoms with Crippen LogP contribution in [0.1, 0.15) is 49.0 Å². The molecule has 3 amide bonds. The first-order valence-electron chi connectivity index (χ1n) is 13.1. The molecule has 3 atom stereocenters. The van der Waals surface area contributed by atoms with Crippen LogP contribution in [0.5, 0.6) is 5.75 Å². The fraction of sp³-hybridized carbons (Fsp3) is 0.429. The Kier molecular flexibility index (Phi) is 13.0. The van der Waals surface area contributed by atoms with Crippen molar-refractivity contribution >= 4 is 35.3 Å². The first-order chi connectivity index (χ1) is 19.4. The summed E-state index contributed by atoms with van der Waals surface area (Å²) in [5, 5.41) is 28.7. The second-order valence-corrected chi connectivity index (χ2v) is 10.1. The van der Waals surface area contributed by atoms with E-state index in [-0.39, 0.29) is 48.7 Å². The highest BCUT2D eigenvalue weighted by molar-refractivity contribution is 6.32. The van der Waals surface area contributed by atoms with Crippen LogP contribution in [-0.2, 0) is 25.5 Å². The molecule has 2 rings (SSSR count). The number of phenolic OH excluding ortho intramolecular Hbond substituents is 1. The molecule has 0 radical (unpaired) electrons. The summed E-state index contributed by atoms with van der Waals surface area (Å²) < 4.78 is 4.80. The monoisotopic (exact) mass is 590 g/mol. The highest BCUT2D eigenvalue weighted by Gasteiger charge is 2.32. The Labute approximate surface area is 242 Å². The lowest BCUT2D eigenvalue weighted by Gasteiger charge is -2.26. The molecule has 0 saturated carbocycles. The number of halogens is 1. The quantitative estimate of drug-likeness (QED) is 0.106. The molecule has 2 aromatic rings. The summed E-state index contributed by atoms with van der Waals surface area (Å²) in [6.07, 6.45) is 0.455. The Morgan fingerprint density at radius 3 is 2.22 bits per heavy atom. The third-order valence-corrected chi connectivity index (χ3v) is 6.58. The van der Waals surface area contributed by atoms with Gasteiger partial charge in [0.1, 0.15) is 23.9 Å². The number of phenols is 1. The molecule has 4 N–H and O–H groups in total. The van der Waals surface area contributed by atoms with E-state index in [2.05, 4.69) is 16.0 Å². The number of nitrogens with zero attached hydrogens (tertiary/aromatic N) is 1. The van der Waals surface area contributed by atoms with Crippen molar-refractivity contribution in [3.05, 3.63) is 74.8 Å². The lowest BCUT2D eigenvalue weighted by Crippen LogP contribution is -2.57. The van der Waals surface area contributed by atoms with Crippen LogP contribution in [0.2, 0.25) is 5.02 Å². The van der Waals surface area contributed by atoms with Gasteiger partial charge in [0.05, 0.1) is 17.7 Å². The number of carbonyl (C=O) groups is 4. The number of hydrogen-bond acceptors (Lipinski definition) is 8. The van der Waals surface area contributed by atoms with Crippen LogP contribution >= 0.6 is 11.6 Å². The number of benzene rings is 2. The SMILES string of the molecule is COC(=O)[C@@H](NC(=O)[C@H](Cc1ccccc1)NC(=O)[C@H](CCCC[N+](=O)[O-])NC(=O)c1cccc(Cl)c1O)C(C)C. The zero-order valence-corrected chi connectivity index (χ0v) is 23.8. The molecule has 0 spiro atoms. The molecule has 0 fully saturated rings. The van der Waals surface area contributed by atoms with E-state index < -0.39 is 52.5 Å². The molecule has 222 valence electrons. The fourth-order valence-electron chi connectivity index (χ4n) is 4.00. The van der Waals surface area contributed by atoms with Crippen molar-refractivity contribution in [3.63, 3.8) is 0 Å². The maximum atomic E-state index is 13.5. The van der Waals surface area contributed by atoms with E-state index >= 15 is 0 Å². The highest BCUT2D eigenvalue weighted by atomic mass is 35.5. The maximum absolute atomic E-state index is 13.5. The van der Waals surface area contributed by atoms with E-state index in [1.165, 1.54) is 25.3 Å². The van der Waals surface area contributed by atoms with Gasteiger partial charge in [-0.2, -0.15) is 0 Å². The molecular weight excluding hydrogens is 556 g/mol. The van der Waals surface area contributed by atoms with Crippen molar-refractivity contribution in [1.82, 2.24) is 16.0 Å². The number of esters is 1.